The number of carbonyl (C=O) groups excluding carboxylic acids is 3. The van der Waals surface area contributed by atoms with Crippen LogP contribution in [0.3, 0.4) is 0 Å². The molecule has 0 spiro atoms. The van der Waals surface area contributed by atoms with Gasteiger partial charge in [-0.3, -0.25) is 9.59 Å². The molecule has 4 amide bonds. The summed E-state index contributed by atoms with van der Waals surface area (Å²) in [7, 11) is 0. The topological polar surface area (TPSA) is 81.8 Å². The average molecular weight is 401 g/mol. The highest BCUT2D eigenvalue weighted by Crippen LogP contribution is 2.20. The first-order valence-corrected chi connectivity index (χ1v) is 10.7. The molecular formula is C22H32N4O3. The van der Waals surface area contributed by atoms with E-state index in [1.807, 2.05) is 47.9 Å². The van der Waals surface area contributed by atoms with E-state index in [9.17, 15) is 14.4 Å². The SMILES string of the molecule is CC(C)C(=O)Nc1ccc(CNC(=O)C2CCN(C(=O)N3CCCC3)CC2)cc1. The summed E-state index contributed by atoms with van der Waals surface area (Å²) in [5.41, 5.74) is 1.75. The maximum absolute atomic E-state index is 12.5. The molecule has 1 aromatic rings. The zero-order valence-electron chi connectivity index (χ0n) is 17.4. The Hall–Kier alpha value is -2.57. The van der Waals surface area contributed by atoms with Crippen LogP contribution in [0.25, 0.3) is 0 Å². The average Bonchev–Trinajstić information content (AvgIpc) is 3.27. The molecule has 7 heteroatoms. The van der Waals surface area contributed by atoms with Crippen molar-refractivity contribution in [3.05, 3.63) is 29.8 Å². The van der Waals surface area contributed by atoms with E-state index in [-0.39, 0.29) is 29.7 Å². The van der Waals surface area contributed by atoms with Crippen LogP contribution in [0.2, 0.25) is 0 Å². The molecule has 7 nitrogen and oxygen atoms in total. The first-order valence-electron chi connectivity index (χ1n) is 10.7. The van der Waals surface area contributed by atoms with Gasteiger partial charge >= 0.3 is 6.03 Å². The Labute approximate surface area is 172 Å². The molecule has 0 saturated carbocycles. The molecule has 158 valence electrons. The lowest BCUT2D eigenvalue weighted by atomic mass is 9.96. The van der Waals surface area contributed by atoms with Gasteiger partial charge in [0.15, 0.2) is 0 Å². The maximum Gasteiger partial charge on any atom is 0.319 e. The van der Waals surface area contributed by atoms with Crippen LogP contribution in [-0.2, 0) is 16.1 Å². The molecule has 0 bridgehead atoms. The molecule has 0 atom stereocenters. The van der Waals surface area contributed by atoms with Crippen LogP contribution in [-0.4, -0.2) is 53.8 Å². The molecule has 2 saturated heterocycles. The number of urea groups is 1. The summed E-state index contributed by atoms with van der Waals surface area (Å²) in [5.74, 6) is -0.0654. The van der Waals surface area contributed by atoms with E-state index in [1.165, 1.54) is 0 Å². The van der Waals surface area contributed by atoms with Crippen molar-refractivity contribution in [1.29, 1.82) is 0 Å². The number of benzene rings is 1. The van der Waals surface area contributed by atoms with Gasteiger partial charge in [-0.2, -0.15) is 0 Å². The van der Waals surface area contributed by atoms with Crippen molar-refractivity contribution < 1.29 is 14.4 Å². The minimum Gasteiger partial charge on any atom is -0.352 e. The summed E-state index contributed by atoms with van der Waals surface area (Å²) in [6.45, 7) is 7.19. The van der Waals surface area contributed by atoms with E-state index in [0.29, 0.717) is 32.5 Å². The summed E-state index contributed by atoms with van der Waals surface area (Å²) in [6.07, 6.45) is 3.61. The molecule has 2 aliphatic rings. The third kappa shape index (κ3) is 5.71. The Bertz CT molecular complexity index is 718. The third-order valence-corrected chi connectivity index (χ3v) is 5.73. The molecule has 0 aliphatic carbocycles. The number of anilines is 1. The lowest BCUT2D eigenvalue weighted by Crippen LogP contribution is -2.47. The molecule has 0 radical (unpaired) electrons. The summed E-state index contributed by atoms with van der Waals surface area (Å²) in [6, 6.07) is 7.65. The van der Waals surface area contributed by atoms with E-state index in [0.717, 1.165) is 37.2 Å². The summed E-state index contributed by atoms with van der Waals surface area (Å²) >= 11 is 0. The first-order chi connectivity index (χ1) is 13.9. The number of nitrogens with zero attached hydrogens (tertiary/aromatic N) is 2. The number of carbonyl (C=O) groups is 3. The van der Waals surface area contributed by atoms with Crippen molar-refractivity contribution in [2.45, 2.75) is 46.1 Å². The van der Waals surface area contributed by atoms with Gasteiger partial charge < -0.3 is 20.4 Å². The molecule has 2 heterocycles. The number of amides is 4. The van der Waals surface area contributed by atoms with E-state index >= 15 is 0 Å². The van der Waals surface area contributed by atoms with Crippen molar-refractivity contribution in [1.82, 2.24) is 15.1 Å². The fraction of sp³-hybridized carbons (Fsp3) is 0.591. The molecule has 29 heavy (non-hydrogen) atoms. The van der Waals surface area contributed by atoms with Crippen LogP contribution >= 0.6 is 0 Å². The van der Waals surface area contributed by atoms with Crippen molar-refractivity contribution in [3.63, 3.8) is 0 Å². The smallest absolute Gasteiger partial charge is 0.319 e. The monoisotopic (exact) mass is 400 g/mol. The number of hydrogen-bond acceptors (Lipinski definition) is 3. The Kier molecular flexibility index (Phi) is 7.12. The van der Waals surface area contributed by atoms with Gasteiger partial charge in [-0.25, -0.2) is 4.79 Å². The van der Waals surface area contributed by atoms with Crippen LogP contribution in [0.4, 0.5) is 10.5 Å². The minimum absolute atomic E-state index is 0.0133. The summed E-state index contributed by atoms with van der Waals surface area (Å²) in [4.78, 5) is 40.5. The van der Waals surface area contributed by atoms with E-state index in [1.54, 1.807) is 0 Å². The Morgan fingerprint density at radius 3 is 2.14 bits per heavy atom. The second-order valence-electron chi connectivity index (χ2n) is 8.30. The fourth-order valence-electron chi connectivity index (χ4n) is 3.77. The number of hydrogen-bond donors (Lipinski definition) is 2. The van der Waals surface area contributed by atoms with Crippen molar-refractivity contribution in [3.8, 4) is 0 Å². The van der Waals surface area contributed by atoms with Crippen LogP contribution in [0, 0.1) is 11.8 Å². The van der Waals surface area contributed by atoms with Crippen molar-refractivity contribution >= 4 is 23.5 Å². The van der Waals surface area contributed by atoms with Crippen LogP contribution in [0.15, 0.2) is 24.3 Å². The zero-order valence-corrected chi connectivity index (χ0v) is 17.4. The van der Waals surface area contributed by atoms with Crippen LogP contribution in [0.5, 0.6) is 0 Å². The Morgan fingerprint density at radius 2 is 1.55 bits per heavy atom. The van der Waals surface area contributed by atoms with Gasteiger partial charge in [0, 0.05) is 50.2 Å². The van der Waals surface area contributed by atoms with Gasteiger partial charge in [-0.1, -0.05) is 26.0 Å². The normalized spacial score (nSPS) is 17.5. The number of piperidine rings is 1. The molecule has 0 aromatic heterocycles. The molecule has 1 aromatic carbocycles. The lowest BCUT2D eigenvalue weighted by Gasteiger charge is -2.34. The first kappa shape index (κ1) is 21.1. The van der Waals surface area contributed by atoms with Crippen molar-refractivity contribution in [2.24, 2.45) is 11.8 Å². The molecule has 2 aliphatic heterocycles. The number of likely N-dealkylation sites (tertiary alicyclic amines) is 2. The van der Waals surface area contributed by atoms with Gasteiger partial charge in [-0.05, 0) is 43.4 Å². The fourth-order valence-corrected chi connectivity index (χ4v) is 3.77. The largest absolute Gasteiger partial charge is 0.352 e. The Morgan fingerprint density at radius 1 is 0.966 bits per heavy atom. The minimum atomic E-state index is -0.0639. The predicted molar refractivity (Wildman–Crippen MR) is 112 cm³/mol. The van der Waals surface area contributed by atoms with Gasteiger partial charge in [0.2, 0.25) is 11.8 Å². The van der Waals surface area contributed by atoms with Crippen LogP contribution in [0.1, 0.15) is 45.1 Å². The second kappa shape index (κ2) is 9.76. The van der Waals surface area contributed by atoms with Crippen molar-refractivity contribution in [2.75, 3.05) is 31.5 Å². The molecular weight excluding hydrogens is 368 g/mol. The Balaban J connectivity index is 1.41. The van der Waals surface area contributed by atoms with Gasteiger partial charge in [0.25, 0.3) is 0 Å². The van der Waals surface area contributed by atoms with Gasteiger partial charge in [-0.15, -0.1) is 0 Å². The molecule has 0 unspecified atom stereocenters. The highest BCUT2D eigenvalue weighted by atomic mass is 16.2. The highest BCUT2D eigenvalue weighted by molar-refractivity contribution is 5.92. The van der Waals surface area contributed by atoms with E-state index < -0.39 is 0 Å². The van der Waals surface area contributed by atoms with E-state index in [2.05, 4.69) is 10.6 Å². The molecule has 2 N–H and O–H groups in total. The summed E-state index contributed by atoms with van der Waals surface area (Å²) < 4.78 is 0. The standard InChI is InChI=1S/C22H32N4O3/c1-16(2)20(27)24-19-7-5-17(6-8-19)15-23-21(28)18-9-13-26(14-10-18)22(29)25-11-3-4-12-25/h5-8,16,18H,3-4,9-15H2,1-2H3,(H,23,28)(H,24,27). The number of nitrogens with one attached hydrogen (secondary N) is 2. The highest BCUT2D eigenvalue weighted by Gasteiger charge is 2.30. The van der Waals surface area contributed by atoms with Gasteiger partial charge in [0.1, 0.15) is 0 Å². The summed E-state index contributed by atoms with van der Waals surface area (Å²) in [5, 5.41) is 5.86. The maximum atomic E-state index is 12.5. The zero-order chi connectivity index (χ0) is 20.8. The van der Waals surface area contributed by atoms with Crippen LogP contribution < -0.4 is 10.6 Å². The number of rotatable bonds is 5. The predicted octanol–water partition coefficient (Wildman–Crippen LogP) is 2.83. The quantitative estimate of drug-likeness (QED) is 0.797. The molecule has 3 rings (SSSR count). The lowest BCUT2D eigenvalue weighted by molar-refractivity contribution is -0.126. The van der Waals surface area contributed by atoms with E-state index in [4.69, 9.17) is 0 Å². The molecule has 2 fully saturated rings. The second-order valence-corrected chi connectivity index (χ2v) is 8.30. The van der Waals surface area contributed by atoms with Gasteiger partial charge in [0.05, 0.1) is 0 Å². The third-order valence-electron chi connectivity index (χ3n) is 5.73.